The van der Waals surface area contributed by atoms with Crippen molar-refractivity contribution in [2.24, 2.45) is 11.1 Å². The highest BCUT2D eigenvalue weighted by molar-refractivity contribution is 7.89. The van der Waals surface area contributed by atoms with Gasteiger partial charge >= 0.3 is 5.97 Å². The third-order valence-corrected chi connectivity index (χ3v) is 4.08. The minimum atomic E-state index is -3.83. The summed E-state index contributed by atoms with van der Waals surface area (Å²) in [7, 11) is -3.83. The van der Waals surface area contributed by atoms with Gasteiger partial charge in [0.05, 0.1) is 17.1 Å². The zero-order chi connectivity index (χ0) is 16.0. The molecule has 0 aromatic heterocycles. The SMILES string of the molecule is CCc1ccc(S(N)(=O)=O)cc1C(=O)OCCCC(C)C. The van der Waals surface area contributed by atoms with Crippen molar-refractivity contribution in [2.75, 3.05) is 6.61 Å². The molecule has 0 aliphatic carbocycles. The van der Waals surface area contributed by atoms with Crippen molar-refractivity contribution < 1.29 is 17.9 Å². The van der Waals surface area contributed by atoms with Gasteiger partial charge in [-0.1, -0.05) is 26.8 Å². The molecule has 5 nitrogen and oxygen atoms in total. The Morgan fingerprint density at radius 1 is 1.33 bits per heavy atom. The highest BCUT2D eigenvalue weighted by Crippen LogP contribution is 2.17. The number of primary sulfonamides is 1. The third kappa shape index (κ3) is 5.47. The molecule has 2 N–H and O–H groups in total. The summed E-state index contributed by atoms with van der Waals surface area (Å²) in [5.74, 6) is 0.0571. The topological polar surface area (TPSA) is 86.5 Å². The number of sulfonamides is 1. The van der Waals surface area contributed by atoms with Crippen LogP contribution in [0.3, 0.4) is 0 Å². The van der Waals surface area contributed by atoms with E-state index in [0.29, 0.717) is 18.9 Å². The van der Waals surface area contributed by atoms with Gasteiger partial charge in [0.25, 0.3) is 0 Å². The molecule has 0 amide bonds. The van der Waals surface area contributed by atoms with E-state index in [-0.39, 0.29) is 10.5 Å². The number of benzene rings is 1. The first-order chi connectivity index (χ1) is 9.75. The van der Waals surface area contributed by atoms with Crippen LogP contribution in [0.4, 0.5) is 0 Å². The summed E-state index contributed by atoms with van der Waals surface area (Å²) in [5, 5.41) is 5.09. The van der Waals surface area contributed by atoms with E-state index in [1.807, 2.05) is 6.92 Å². The van der Waals surface area contributed by atoms with Crippen LogP contribution in [-0.4, -0.2) is 21.0 Å². The van der Waals surface area contributed by atoms with E-state index in [9.17, 15) is 13.2 Å². The smallest absolute Gasteiger partial charge is 0.338 e. The monoisotopic (exact) mass is 313 g/mol. The molecule has 0 fully saturated rings. The number of aryl methyl sites for hydroxylation is 1. The van der Waals surface area contributed by atoms with Crippen LogP contribution in [0.15, 0.2) is 23.1 Å². The average molecular weight is 313 g/mol. The van der Waals surface area contributed by atoms with Crippen LogP contribution in [-0.2, 0) is 21.2 Å². The summed E-state index contributed by atoms with van der Waals surface area (Å²) in [4.78, 5) is 12.0. The van der Waals surface area contributed by atoms with Gasteiger partial charge in [-0.05, 0) is 42.9 Å². The highest BCUT2D eigenvalue weighted by atomic mass is 32.2. The Kier molecular flexibility index (Phi) is 6.36. The van der Waals surface area contributed by atoms with Gasteiger partial charge in [0.2, 0.25) is 10.0 Å². The molecular formula is C15H23NO4S. The number of rotatable bonds is 7. The number of carbonyl (C=O) groups excluding carboxylic acids is 1. The molecule has 0 radical (unpaired) electrons. The molecule has 21 heavy (non-hydrogen) atoms. The van der Waals surface area contributed by atoms with Gasteiger partial charge in [-0.3, -0.25) is 0 Å². The van der Waals surface area contributed by atoms with Crippen molar-refractivity contribution in [3.63, 3.8) is 0 Å². The van der Waals surface area contributed by atoms with E-state index in [1.165, 1.54) is 12.1 Å². The standard InChI is InChI=1S/C15H23NO4S/c1-4-12-7-8-13(21(16,18)19)10-14(12)15(17)20-9-5-6-11(2)3/h7-8,10-11H,4-6,9H2,1-3H3,(H2,16,18,19). The van der Waals surface area contributed by atoms with Gasteiger partial charge in [-0.2, -0.15) is 0 Å². The Morgan fingerprint density at radius 3 is 2.52 bits per heavy atom. The van der Waals surface area contributed by atoms with E-state index in [0.717, 1.165) is 18.4 Å². The van der Waals surface area contributed by atoms with E-state index in [4.69, 9.17) is 9.88 Å². The van der Waals surface area contributed by atoms with Gasteiger partial charge in [0.15, 0.2) is 0 Å². The second kappa shape index (κ2) is 7.56. The Balaban J connectivity index is 2.86. The number of hydrogen-bond acceptors (Lipinski definition) is 4. The molecule has 0 saturated carbocycles. The number of esters is 1. The molecule has 0 aliphatic rings. The van der Waals surface area contributed by atoms with Crippen molar-refractivity contribution in [1.29, 1.82) is 0 Å². The first-order valence-corrected chi connectivity index (χ1v) is 8.63. The summed E-state index contributed by atoms with van der Waals surface area (Å²) < 4.78 is 28.0. The Morgan fingerprint density at radius 2 is 2.00 bits per heavy atom. The summed E-state index contributed by atoms with van der Waals surface area (Å²) in [6.07, 6.45) is 2.38. The Bertz CT molecular complexity index is 594. The molecule has 0 bridgehead atoms. The van der Waals surface area contributed by atoms with Crippen molar-refractivity contribution in [3.05, 3.63) is 29.3 Å². The van der Waals surface area contributed by atoms with Gasteiger partial charge in [-0.15, -0.1) is 0 Å². The van der Waals surface area contributed by atoms with Gasteiger partial charge in [-0.25, -0.2) is 18.4 Å². The van der Waals surface area contributed by atoms with E-state index in [1.54, 1.807) is 6.07 Å². The van der Waals surface area contributed by atoms with Gasteiger partial charge in [0.1, 0.15) is 0 Å². The maximum atomic E-state index is 12.1. The Labute approximate surface area is 126 Å². The lowest BCUT2D eigenvalue weighted by atomic mass is 10.1. The summed E-state index contributed by atoms with van der Waals surface area (Å²) >= 11 is 0. The predicted molar refractivity (Wildman–Crippen MR) is 81.5 cm³/mol. The molecule has 0 spiro atoms. The van der Waals surface area contributed by atoms with Crippen molar-refractivity contribution in [2.45, 2.75) is 44.9 Å². The quantitative estimate of drug-likeness (QED) is 0.619. The first kappa shape index (κ1) is 17.7. The molecule has 0 unspecified atom stereocenters. The molecule has 118 valence electrons. The van der Waals surface area contributed by atoms with Crippen LogP contribution in [0.5, 0.6) is 0 Å². The second-order valence-corrected chi connectivity index (χ2v) is 6.95. The normalized spacial score (nSPS) is 11.7. The molecule has 0 saturated heterocycles. The van der Waals surface area contributed by atoms with Crippen LogP contribution in [0, 0.1) is 5.92 Å². The maximum Gasteiger partial charge on any atom is 0.338 e. The summed E-state index contributed by atoms with van der Waals surface area (Å²) in [5.41, 5.74) is 1.02. The van der Waals surface area contributed by atoms with Crippen LogP contribution >= 0.6 is 0 Å². The van der Waals surface area contributed by atoms with Crippen LogP contribution in [0.25, 0.3) is 0 Å². The largest absolute Gasteiger partial charge is 0.462 e. The zero-order valence-corrected chi connectivity index (χ0v) is 13.6. The number of ether oxygens (including phenoxy) is 1. The van der Waals surface area contributed by atoms with Crippen LogP contribution in [0.2, 0.25) is 0 Å². The fraction of sp³-hybridized carbons (Fsp3) is 0.533. The summed E-state index contributed by atoms with van der Waals surface area (Å²) in [6, 6.07) is 4.30. The molecule has 1 aromatic rings. The fourth-order valence-corrected chi connectivity index (χ4v) is 2.50. The van der Waals surface area contributed by atoms with E-state index in [2.05, 4.69) is 13.8 Å². The molecule has 0 atom stereocenters. The molecule has 1 aromatic carbocycles. The molecular weight excluding hydrogens is 290 g/mol. The molecule has 6 heteroatoms. The summed E-state index contributed by atoms with van der Waals surface area (Å²) in [6.45, 7) is 6.43. The third-order valence-electron chi connectivity index (χ3n) is 3.17. The predicted octanol–water partition coefficient (Wildman–Crippen LogP) is 2.49. The van der Waals surface area contributed by atoms with E-state index < -0.39 is 16.0 Å². The molecule has 1 rings (SSSR count). The highest BCUT2D eigenvalue weighted by Gasteiger charge is 2.16. The Hall–Kier alpha value is -1.40. The second-order valence-electron chi connectivity index (χ2n) is 5.39. The lowest BCUT2D eigenvalue weighted by Gasteiger charge is -2.10. The van der Waals surface area contributed by atoms with Crippen molar-refractivity contribution in [3.8, 4) is 0 Å². The minimum Gasteiger partial charge on any atom is -0.462 e. The number of hydrogen-bond donors (Lipinski definition) is 1. The average Bonchev–Trinajstić information content (AvgIpc) is 2.41. The zero-order valence-electron chi connectivity index (χ0n) is 12.8. The van der Waals surface area contributed by atoms with Gasteiger partial charge < -0.3 is 4.74 Å². The van der Waals surface area contributed by atoms with E-state index >= 15 is 0 Å². The maximum absolute atomic E-state index is 12.1. The minimum absolute atomic E-state index is 0.0752. The van der Waals surface area contributed by atoms with Crippen LogP contribution < -0.4 is 5.14 Å². The number of nitrogens with two attached hydrogens (primary N) is 1. The van der Waals surface area contributed by atoms with Gasteiger partial charge in [0, 0.05) is 0 Å². The van der Waals surface area contributed by atoms with Crippen LogP contribution in [0.1, 0.15) is 49.5 Å². The molecule has 0 aliphatic heterocycles. The lowest BCUT2D eigenvalue weighted by Crippen LogP contribution is -2.15. The lowest BCUT2D eigenvalue weighted by molar-refractivity contribution is 0.0493. The number of carbonyl (C=O) groups is 1. The molecule has 0 heterocycles. The van der Waals surface area contributed by atoms with Crippen molar-refractivity contribution >= 4 is 16.0 Å². The first-order valence-electron chi connectivity index (χ1n) is 7.08. The van der Waals surface area contributed by atoms with Crippen molar-refractivity contribution in [1.82, 2.24) is 0 Å². The fourth-order valence-electron chi connectivity index (χ4n) is 1.97.